The zero-order valence-electron chi connectivity index (χ0n) is 16.0. The van der Waals surface area contributed by atoms with Crippen LogP contribution in [0.1, 0.15) is 32.6 Å². The number of thioether (sulfide) groups is 1. The minimum absolute atomic E-state index is 0.0553. The first kappa shape index (κ1) is 21.4. The first-order valence-corrected chi connectivity index (χ1v) is 11.2. The van der Waals surface area contributed by atoms with Crippen LogP contribution in [0.3, 0.4) is 0 Å². The number of allylic oxidation sites excluding steroid dienone is 1. The fourth-order valence-corrected chi connectivity index (χ4v) is 5.45. The smallest absolute Gasteiger partial charge is 0.243 e. The Hall–Kier alpha value is -2.29. The number of carbonyl (C=O) groups is 2. The molecule has 1 aromatic rings. The standard InChI is InChI=1S/C21H21BrN4O2S/c1-13-3-2-8-21(9-13)16(10-23)19(28)26-20(17(21)11-24)29-12-18(27)25-15-6-4-14(22)5-7-15/h4-7,13,16H,2-3,8-9,12H2,1H3,(H,25,27)(H,26,28)/t13-,16-,21-/m1/s1. The topological polar surface area (TPSA) is 106 Å². The number of carbonyl (C=O) groups excluding carboxylic acids is 2. The summed E-state index contributed by atoms with van der Waals surface area (Å²) in [5.41, 5.74) is 0.355. The number of halogens is 1. The third kappa shape index (κ3) is 4.49. The SMILES string of the molecule is C[C@@H]1CCC[C@]2(C1)C(C#N)=C(SCC(=O)Nc1ccc(Br)cc1)NC(=O)[C@H]2C#N. The van der Waals surface area contributed by atoms with Gasteiger partial charge in [0, 0.05) is 15.6 Å². The number of nitrogens with zero attached hydrogens (tertiary/aromatic N) is 2. The average Bonchev–Trinajstić information content (AvgIpc) is 2.68. The molecule has 1 aromatic carbocycles. The Balaban J connectivity index is 1.81. The molecule has 6 nitrogen and oxygen atoms in total. The first-order chi connectivity index (χ1) is 13.9. The predicted molar refractivity (Wildman–Crippen MR) is 115 cm³/mol. The number of nitriles is 2. The largest absolute Gasteiger partial charge is 0.325 e. The quantitative estimate of drug-likeness (QED) is 0.678. The lowest BCUT2D eigenvalue weighted by molar-refractivity contribution is -0.127. The van der Waals surface area contributed by atoms with E-state index in [1.807, 2.05) is 12.1 Å². The highest BCUT2D eigenvalue weighted by Gasteiger charge is 2.52. The van der Waals surface area contributed by atoms with Gasteiger partial charge in [0.05, 0.1) is 28.5 Å². The van der Waals surface area contributed by atoms with E-state index in [4.69, 9.17) is 0 Å². The average molecular weight is 473 g/mol. The second kappa shape index (κ2) is 9.02. The van der Waals surface area contributed by atoms with E-state index >= 15 is 0 Å². The summed E-state index contributed by atoms with van der Waals surface area (Å²) < 4.78 is 0.915. The normalized spacial score (nSPS) is 26.4. The van der Waals surface area contributed by atoms with E-state index in [0.717, 1.165) is 29.1 Å². The van der Waals surface area contributed by atoms with Gasteiger partial charge in [-0.3, -0.25) is 9.59 Å². The Labute approximate surface area is 182 Å². The Kier molecular flexibility index (Phi) is 6.66. The number of rotatable bonds is 4. The highest BCUT2D eigenvalue weighted by atomic mass is 79.9. The second-order valence-corrected chi connectivity index (χ2v) is 9.47. The van der Waals surface area contributed by atoms with Crippen LogP contribution in [0.25, 0.3) is 0 Å². The van der Waals surface area contributed by atoms with Crippen LogP contribution >= 0.6 is 27.7 Å². The highest BCUT2D eigenvalue weighted by Crippen LogP contribution is 2.53. The number of hydrogen-bond acceptors (Lipinski definition) is 5. The van der Waals surface area contributed by atoms with Crippen molar-refractivity contribution in [3.05, 3.63) is 39.3 Å². The highest BCUT2D eigenvalue weighted by molar-refractivity contribution is 9.10. The van der Waals surface area contributed by atoms with Crippen LogP contribution in [0.4, 0.5) is 5.69 Å². The Bertz CT molecular complexity index is 931. The monoisotopic (exact) mass is 472 g/mol. The summed E-state index contributed by atoms with van der Waals surface area (Å²) in [7, 11) is 0. The summed E-state index contributed by atoms with van der Waals surface area (Å²) in [6, 6.07) is 11.6. The molecular formula is C21H21BrN4O2S. The molecule has 1 heterocycles. The summed E-state index contributed by atoms with van der Waals surface area (Å²) in [5.74, 6) is -1.09. The van der Waals surface area contributed by atoms with Crippen LogP contribution in [0.15, 0.2) is 39.3 Å². The number of nitrogens with one attached hydrogen (secondary N) is 2. The number of amides is 2. The Morgan fingerprint density at radius 3 is 2.72 bits per heavy atom. The first-order valence-electron chi connectivity index (χ1n) is 9.43. The third-order valence-corrected chi connectivity index (χ3v) is 7.06. The van der Waals surface area contributed by atoms with Gasteiger partial charge in [0.2, 0.25) is 11.8 Å². The van der Waals surface area contributed by atoms with Gasteiger partial charge in [0.25, 0.3) is 0 Å². The minimum Gasteiger partial charge on any atom is -0.325 e. The van der Waals surface area contributed by atoms with Gasteiger partial charge < -0.3 is 10.6 Å². The summed E-state index contributed by atoms with van der Waals surface area (Å²) in [4.78, 5) is 25.0. The molecule has 1 saturated carbocycles. The van der Waals surface area contributed by atoms with E-state index in [0.29, 0.717) is 35.0 Å². The van der Waals surface area contributed by atoms with E-state index in [1.54, 1.807) is 12.1 Å². The summed E-state index contributed by atoms with van der Waals surface area (Å²) in [6.45, 7) is 2.09. The van der Waals surface area contributed by atoms with Crippen molar-refractivity contribution >= 4 is 45.2 Å². The van der Waals surface area contributed by atoms with Crippen molar-refractivity contribution in [1.29, 1.82) is 10.5 Å². The van der Waals surface area contributed by atoms with Gasteiger partial charge in [-0.25, -0.2) is 0 Å². The maximum absolute atomic E-state index is 12.6. The molecule has 150 valence electrons. The molecule has 3 rings (SSSR count). The van der Waals surface area contributed by atoms with E-state index in [2.05, 4.69) is 45.6 Å². The summed E-state index contributed by atoms with van der Waals surface area (Å²) in [6.07, 6.45) is 3.18. The molecule has 8 heteroatoms. The lowest BCUT2D eigenvalue weighted by Gasteiger charge is -2.45. The molecule has 2 N–H and O–H groups in total. The zero-order chi connectivity index (χ0) is 21.0. The van der Waals surface area contributed by atoms with Crippen molar-refractivity contribution in [1.82, 2.24) is 5.32 Å². The van der Waals surface area contributed by atoms with Crippen molar-refractivity contribution in [3.8, 4) is 12.1 Å². The Morgan fingerprint density at radius 1 is 1.38 bits per heavy atom. The maximum Gasteiger partial charge on any atom is 0.243 e. The number of hydrogen-bond donors (Lipinski definition) is 2. The number of benzene rings is 1. The van der Waals surface area contributed by atoms with Crippen molar-refractivity contribution in [3.63, 3.8) is 0 Å². The van der Waals surface area contributed by atoms with Gasteiger partial charge in [0.15, 0.2) is 0 Å². The molecular weight excluding hydrogens is 452 g/mol. The molecule has 0 unspecified atom stereocenters. The van der Waals surface area contributed by atoms with Crippen LogP contribution in [0.2, 0.25) is 0 Å². The Morgan fingerprint density at radius 2 is 2.10 bits per heavy atom. The fraction of sp³-hybridized carbons (Fsp3) is 0.429. The number of anilines is 1. The maximum atomic E-state index is 12.6. The van der Waals surface area contributed by atoms with E-state index in [9.17, 15) is 20.1 Å². The van der Waals surface area contributed by atoms with Crippen LogP contribution in [0, 0.1) is 39.9 Å². The fourth-order valence-electron chi connectivity index (χ4n) is 4.27. The lowest BCUT2D eigenvalue weighted by atomic mass is 9.59. The summed E-state index contributed by atoms with van der Waals surface area (Å²) in [5, 5.41) is 25.5. The van der Waals surface area contributed by atoms with Crippen LogP contribution < -0.4 is 10.6 Å². The van der Waals surface area contributed by atoms with E-state index in [-0.39, 0.29) is 17.6 Å². The third-order valence-electron chi connectivity index (χ3n) is 5.53. The van der Waals surface area contributed by atoms with Crippen LogP contribution in [0.5, 0.6) is 0 Å². The van der Waals surface area contributed by atoms with Crippen molar-refractivity contribution in [2.24, 2.45) is 17.3 Å². The van der Waals surface area contributed by atoms with E-state index in [1.165, 1.54) is 0 Å². The molecule has 2 aliphatic rings. The van der Waals surface area contributed by atoms with Crippen molar-refractivity contribution < 1.29 is 9.59 Å². The minimum atomic E-state index is -0.874. The van der Waals surface area contributed by atoms with Gasteiger partial charge in [-0.2, -0.15) is 10.5 Å². The lowest BCUT2D eigenvalue weighted by Crippen LogP contribution is -2.49. The molecule has 1 aliphatic heterocycles. The molecule has 0 radical (unpaired) electrons. The predicted octanol–water partition coefficient (Wildman–Crippen LogP) is 4.32. The zero-order valence-corrected chi connectivity index (χ0v) is 18.4. The molecule has 1 aliphatic carbocycles. The molecule has 29 heavy (non-hydrogen) atoms. The van der Waals surface area contributed by atoms with Gasteiger partial charge in [-0.15, -0.1) is 0 Å². The molecule has 0 aromatic heterocycles. The second-order valence-electron chi connectivity index (χ2n) is 7.57. The van der Waals surface area contributed by atoms with Crippen LogP contribution in [-0.4, -0.2) is 17.6 Å². The van der Waals surface area contributed by atoms with Gasteiger partial charge >= 0.3 is 0 Å². The van der Waals surface area contributed by atoms with E-state index < -0.39 is 11.3 Å². The molecule has 1 spiro atoms. The molecule has 1 fully saturated rings. The summed E-state index contributed by atoms with van der Waals surface area (Å²) >= 11 is 4.49. The van der Waals surface area contributed by atoms with Gasteiger partial charge in [0.1, 0.15) is 5.92 Å². The molecule has 2 amide bonds. The van der Waals surface area contributed by atoms with Crippen LogP contribution in [-0.2, 0) is 9.59 Å². The van der Waals surface area contributed by atoms with Gasteiger partial charge in [-0.1, -0.05) is 47.5 Å². The van der Waals surface area contributed by atoms with Gasteiger partial charge in [-0.05, 0) is 43.0 Å². The molecule has 0 saturated heterocycles. The molecule has 3 atom stereocenters. The van der Waals surface area contributed by atoms with Crippen molar-refractivity contribution in [2.45, 2.75) is 32.6 Å². The van der Waals surface area contributed by atoms with Crippen molar-refractivity contribution in [2.75, 3.05) is 11.1 Å². The molecule has 0 bridgehead atoms.